The molecule has 0 unspecified atom stereocenters. The summed E-state index contributed by atoms with van der Waals surface area (Å²) in [5.74, 6) is 0.793. The Labute approximate surface area is 187 Å². The largest absolute Gasteiger partial charge is 0.411 e. The number of ether oxygens (including phenoxy) is 1. The number of hydrogen-bond acceptors (Lipinski definition) is 2. The number of aromatic nitrogens is 1. The van der Waals surface area contributed by atoms with Crippen molar-refractivity contribution in [2.45, 2.75) is 32.8 Å². The maximum atomic E-state index is 12.1. The van der Waals surface area contributed by atoms with Crippen molar-refractivity contribution < 1.29 is 17.9 Å². The maximum Gasteiger partial charge on any atom is 0.411 e. The molecule has 1 heterocycles. The first-order valence-electron chi connectivity index (χ1n) is 9.10. The van der Waals surface area contributed by atoms with E-state index in [-0.39, 0.29) is 30.6 Å². The first kappa shape index (κ1) is 25.3. The topological polar surface area (TPSA) is 41.8 Å². The number of alkyl halides is 3. The lowest BCUT2D eigenvalue weighted by atomic mass is 10.1. The Morgan fingerprint density at radius 1 is 1.17 bits per heavy atom. The van der Waals surface area contributed by atoms with Crippen LogP contribution in [0.2, 0.25) is 0 Å². The van der Waals surface area contributed by atoms with Gasteiger partial charge < -0.3 is 19.5 Å². The van der Waals surface area contributed by atoms with Crippen molar-refractivity contribution in [2.75, 3.05) is 20.2 Å². The van der Waals surface area contributed by atoms with Gasteiger partial charge in [-0.25, -0.2) is 4.99 Å². The molecular weight excluding hydrogens is 496 g/mol. The molecule has 5 nitrogen and oxygen atoms in total. The van der Waals surface area contributed by atoms with Gasteiger partial charge >= 0.3 is 6.18 Å². The van der Waals surface area contributed by atoms with Crippen LogP contribution in [0.1, 0.15) is 23.7 Å². The highest BCUT2D eigenvalue weighted by molar-refractivity contribution is 14.0. The normalized spacial score (nSPS) is 11.9. The molecule has 0 saturated carbocycles. The number of nitrogens with zero attached hydrogens (tertiary/aromatic N) is 3. The number of rotatable bonds is 8. The zero-order chi connectivity index (χ0) is 20.6. The van der Waals surface area contributed by atoms with Gasteiger partial charge in [0.2, 0.25) is 0 Å². The van der Waals surface area contributed by atoms with Crippen LogP contribution < -0.4 is 5.32 Å². The van der Waals surface area contributed by atoms with Crippen molar-refractivity contribution >= 4 is 29.9 Å². The number of guanidine groups is 1. The molecule has 1 aromatic heterocycles. The molecule has 9 heteroatoms. The van der Waals surface area contributed by atoms with E-state index in [0.29, 0.717) is 12.1 Å². The predicted octanol–water partition coefficient (Wildman–Crippen LogP) is 4.32. The summed E-state index contributed by atoms with van der Waals surface area (Å²) < 4.78 is 43.1. The molecule has 0 bridgehead atoms. The van der Waals surface area contributed by atoms with Gasteiger partial charge in [0.15, 0.2) is 5.96 Å². The first-order chi connectivity index (χ1) is 13.3. The molecule has 29 heavy (non-hydrogen) atoms. The van der Waals surface area contributed by atoms with Crippen molar-refractivity contribution in [2.24, 2.45) is 12.0 Å². The summed E-state index contributed by atoms with van der Waals surface area (Å²) in [6.07, 6.45) is -2.30. The van der Waals surface area contributed by atoms with E-state index in [9.17, 15) is 13.2 Å². The Morgan fingerprint density at radius 2 is 1.83 bits per heavy atom. The van der Waals surface area contributed by atoms with Crippen LogP contribution in [-0.2, 0) is 31.5 Å². The number of aliphatic imine (C=N–C) groups is 1. The zero-order valence-electron chi connectivity index (χ0n) is 16.9. The van der Waals surface area contributed by atoms with E-state index in [0.717, 1.165) is 24.6 Å². The quantitative estimate of drug-likeness (QED) is 0.318. The van der Waals surface area contributed by atoms with Gasteiger partial charge in [0.1, 0.15) is 6.61 Å². The SMILES string of the molecule is CCNC(=NCc1ccc(COCC(F)(F)F)cc1)N(C)Cc1cccn1C.I. The van der Waals surface area contributed by atoms with E-state index in [2.05, 4.69) is 30.6 Å². The molecular formula is C20H28F3IN4O. The van der Waals surface area contributed by atoms with Gasteiger partial charge in [0.25, 0.3) is 0 Å². The maximum absolute atomic E-state index is 12.1. The number of nitrogens with one attached hydrogen (secondary N) is 1. The van der Waals surface area contributed by atoms with Crippen molar-refractivity contribution in [3.05, 3.63) is 59.4 Å². The molecule has 0 spiro atoms. The summed E-state index contributed by atoms with van der Waals surface area (Å²) in [7, 11) is 3.99. The third kappa shape index (κ3) is 9.07. The standard InChI is InChI=1S/C20H27F3N4O.HI/c1-4-24-19(27(3)13-18-6-5-11-26(18)2)25-12-16-7-9-17(10-8-16)14-28-15-20(21,22)23;/h5-11H,4,12-15H2,1-3H3,(H,24,25);1H. The molecule has 0 amide bonds. The molecule has 0 aliphatic carbocycles. The van der Waals surface area contributed by atoms with Crippen LogP contribution in [0.15, 0.2) is 47.6 Å². The second-order valence-electron chi connectivity index (χ2n) is 6.56. The van der Waals surface area contributed by atoms with E-state index >= 15 is 0 Å². The molecule has 0 saturated heterocycles. The van der Waals surface area contributed by atoms with E-state index < -0.39 is 12.8 Å². The molecule has 0 fully saturated rings. The van der Waals surface area contributed by atoms with E-state index in [4.69, 9.17) is 0 Å². The highest BCUT2D eigenvalue weighted by Crippen LogP contribution is 2.16. The Bertz CT molecular complexity index is 760. The van der Waals surface area contributed by atoms with Crippen molar-refractivity contribution in [3.8, 4) is 0 Å². The molecule has 1 aromatic carbocycles. The highest BCUT2D eigenvalue weighted by Gasteiger charge is 2.27. The smallest absolute Gasteiger partial charge is 0.367 e. The molecule has 0 atom stereocenters. The van der Waals surface area contributed by atoms with Gasteiger partial charge in [-0.2, -0.15) is 13.2 Å². The van der Waals surface area contributed by atoms with E-state index in [1.807, 2.05) is 45.4 Å². The zero-order valence-corrected chi connectivity index (χ0v) is 19.2. The number of halogens is 4. The molecule has 1 N–H and O–H groups in total. The van der Waals surface area contributed by atoms with Crippen LogP contribution in [-0.4, -0.2) is 41.8 Å². The average Bonchev–Trinajstić information content (AvgIpc) is 3.03. The third-order valence-corrected chi connectivity index (χ3v) is 4.12. The van der Waals surface area contributed by atoms with Crippen LogP contribution in [0.3, 0.4) is 0 Å². The summed E-state index contributed by atoms with van der Waals surface area (Å²) in [6.45, 7) is 2.67. The van der Waals surface area contributed by atoms with Crippen molar-refractivity contribution in [1.82, 2.24) is 14.8 Å². The summed E-state index contributed by atoms with van der Waals surface area (Å²) >= 11 is 0. The summed E-state index contributed by atoms with van der Waals surface area (Å²) in [6, 6.07) is 11.3. The molecule has 0 aliphatic rings. The Morgan fingerprint density at radius 3 is 2.38 bits per heavy atom. The van der Waals surface area contributed by atoms with Crippen LogP contribution in [0.25, 0.3) is 0 Å². The molecule has 0 aliphatic heterocycles. The third-order valence-electron chi connectivity index (χ3n) is 4.12. The summed E-state index contributed by atoms with van der Waals surface area (Å²) in [5.41, 5.74) is 2.85. The fraction of sp³-hybridized carbons (Fsp3) is 0.450. The number of aryl methyl sites for hydroxylation is 1. The minimum Gasteiger partial charge on any atom is -0.367 e. The number of hydrogen-bond donors (Lipinski definition) is 1. The summed E-state index contributed by atoms with van der Waals surface area (Å²) in [4.78, 5) is 6.71. The first-order valence-corrected chi connectivity index (χ1v) is 9.10. The van der Waals surface area contributed by atoms with Crippen molar-refractivity contribution in [1.29, 1.82) is 0 Å². The summed E-state index contributed by atoms with van der Waals surface area (Å²) in [5, 5.41) is 3.28. The Hall–Kier alpha value is -1.75. The minimum atomic E-state index is -4.30. The average molecular weight is 524 g/mol. The lowest BCUT2D eigenvalue weighted by Crippen LogP contribution is -2.38. The van der Waals surface area contributed by atoms with E-state index in [1.54, 1.807) is 12.1 Å². The predicted molar refractivity (Wildman–Crippen MR) is 119 cm³/mol. The fourth-order valence-electron chi connectivity index (χ4n) is 2.64. The fourth-order valence-corrected chi connectivity index (χ4v) is 2.64. The Balaban J connectivity index is 0.00000420. The monoisotopic (exact) mass is 524 g/mol. The van der Waals surface area contributed by atoms with Crippen LogP contribution >= 0.6 is 24.0 Å². The van der Waals surface area contributed by atoms with Crippen LogP contribution in [0, 0.1) is 0 Å². The van der Waals surface area contributed by atoms with Crippen LogP contribution in [0.4, 0.5) is 13.2 Å². The molecule has 2 aromatic rings. The molecule has 0 radical (unpaired) electrons. The van der Waals surface area contributed by atoms with Crippen molar-refractivity contribution in [3.63, 3.8) is 0 Å². The van der Waals surface area contributed by atoms with Gasteiger partial charge in [0, 0.05) is 32.5 Å². The molecule has 2 rings (SSSR count). The molecule has 162 valence electrons. The van der Waals surface area contributed by atoms with E-state index in [1.165, 1.54) is 5.69 Å². The second kappa shape index (κ2) is 12.1. The van der Waals surface area contributed by atoms with Gasteiger partial charge in [-0.15, -0.1) is 24.0 Å². The lowest BCUT2D eigenvalue weighted by molar-refractivity contribution is -0.176. The van der Waals surface area contributed by atoms with Gasteiger partial charge in [0.05, 0.1) is 19.7 Å². The lowest BCUT2D eigenvalue weighted by Gasteiger charge is -2.22. The number of benzene rings is 1. The Kier molecular flexibility index (Phi) is 10.5. The second-order valence-corrected chi connectivity index (χ2v) is 6.56. The minimum absolute atomic E-state index is 0. The van der Waals surface area contributed by atoms with Gasteiger partial charge in [-0.3, -0.25) is 0 Å². The van der Waals surface area contributed by atoms with Crippen LogP contribution in [0.5, 0.6) is 0 Å². The highest BCUT2D eigenvalue weighted by atomic mass is 127. The van der Waals surface area contributed by atoms with Gasteiger partial charge in [-0.05, 0) is 30.2 Å². The van der Waals surface area contributed by atoms with Gasteiger partial charge in [-0.1, -0.05) is 24.3 Å².